The monoisotopic (exact) mass is 287 g/mol. The molecule has 0 radical (unpaired) electrons. The van der Waals surface area contributed by atoms with E-state index in [1.807, 2.05) is 38.1 Å². The lowest BCUT2D eigenvalue weighted by molar-refractivity contribution is -0.114. The van der Waals surface area contributed by atoms with E-state index in [0.29, 0.717) is 0 Å². The molecule has 4 nitrogen and oxygen atoms in total. The van der Waals surface area contributed by atoms with Crippen molar-refractivity contribution in [1.29, 1.82) is 5.26 Å². The Labute approximate surface area is 127 Å². The Bertz CT molecular complexity index is 517. The van der Waals surface area contributed by atoms with Crippen molar-refractivity contribution in [2.75, 3.05) is 11.9 Å². The molecule has 2 N–H and O–H groups in total. The normalized spacial score (nSPS) is 12.5. The number of anilines is 1. The fourth-order valence-corrected chi connectivity index (χ4v) is 2.11. The van der Waals surface area contributed by atoms with Crippen LogP contribution in [0.1, 0.15) is 52.1 Å². The second-order valence-electron chi connectivity index (χ2n) is 6.08. The quantitative estimate of drug-likeness (QED) is 0.753. The molecule has 1 amide bonds. The molecule has 0 fully saturated rings. The maximum absolute atomic E-state index is 11.1. The zero-order chi connectivity index (χ0) is 15.9. The summed E-state index contributed by atoms with van der Waals surface area (Å²) >= 11 is 0. The van der Waals surface area contributed by atoms with Gasteiger partial charge in [0.05, 0.1) is 11.5 Å². The molecular weight excluding hydrogens is 262 g/mol. The summed E-state index contributed by atoms with van der Waals surface area (Å²) in [6, 6.07) is 10.4. The smallest absolute Gasteiger partial charge is 0.221 e. The molecule has 1 aromatic carbocycles. The third-order valence-corrected chi connectivity index (χ3v) is 3.44. The Morgan fingerprint density at radius 2 is 2.14 bits per heavy atom. The molecule has 114 valence electrons. The van der Waals surface area contributed by atoms with E-state index in [-0.39, 0.29) is 17.4 Å². The molecule has 0 bridgehead atoms. The van der Waals surface area contributed by atoms with Gasteiger partial charge in [-0.25, -0.2) is 0 Å². The van der Waals surface area contributed by atoms with Gasteiger partial charge in [-0.3, -0.25) is 4.79 Å². The van der Waals surface area contributed by atoms with Gasteiger partial charge in [-0.05, 0) is 57.9 Å². The van der Waals surface area contributed by atoms with Crippen LogP contribution in [-0.4, -0.2) is 12.5 Å². The van der Waals surface area contributed by atoms with Crippen LogP contribution in [0, 0.1) is 16.7 Å². The Balaban J connectivity index is 2.47. The first-order chi connectivity index (χ1) is 9.84. The van der Waals surface area contributed by atoms with Crippen molar-refractivity contribution in [3.05, 3.63) is 29.8 Å². The largest absolute Gasteiger partial charge is 0.326 e. The highest BCUT2D eigenvalue weighted by molar-refractivity contribution is 5.88. The second kappa shape index (κ2) is 7.80. The summed E-state index contributed by atoms with van der Waals surface area (Å²) in [4.78, 5) is 11.1. The fourth-order valence-electron chi connectivity index (χ4n) is 2.11. The van der Waals surface area contributed by atoms with Gasteiger partial charge in [-0.1, -0.05) is 12.1 Å². The third kappa shape index (κ3) is 6.42. The van der Waals surface area contributed by atoms with Crippen molar-refractivity contribution in [2.45, 2.75) is 46.6 Å². The zero-order valence-electron chi connectivity index (χ0n) is 13.4. The molecule has 0 aliphatic carbocycles. The summed E-state index contributed by atoms with van der Waals surface area (Å²) in [5, 5.41) is 15.2. The van der Waals surface area contributed by atoms with Crippen LogP contribution in [0.5, 0.6) is 0 Å². The van der Waals surface area contributed by atoms with Crippen LogP contribution in [0.15, 0.2) is 24.3 Å². The number of nitrogens with one attached hydrogen (secondary N) is 2. The SMILES string of the molecule is CC(=O)Nc1cccc(C(C)NCCCC(C)(C)C#N)c1. The number of carbonyl (C=O) groups is 1. The molecule has 0 heterocycles. The Morgan fingerprint density at radius 1 is 1.43 bits per heavy atom. The maximum atomic E-state index is 11.1. The lowest BCUT2D eigenvalue weighted by Gasteiger charge is -2.18. The van der Waals surface area contributed by atoms with Gasteiger partial charge < -0.3 is 10.6 Å². The molecule has 1 atom stereocenters. The van der Waals surface area contributed by atoms with Crippen LogP contribution in [0.2, 0.25) is 0 Å². The molecular formula is C17H25N3O. The molecule has 0 spiro atoms. The number of nitriles is 1. The molecule has 1 unspecified atom stereocenters. The number of carbonyl (C=O) groups excluding carboxylic acids is 1. The van der Waals surface area contributed by atoms with Gasteiger partial charge >= 0.3 is 0 Å². The van der Waals surface area contributed by atoms with Crippen molar-refractivity contribution in [1.82, 2.24) is 5.32 Å². The number of hydrogen-bond donors (Lipinski definition) is 2. The van der Waals surface area contributed by atoms with E-state index in [2.05, 4.69) is 23.6 Å². The number of rotatable bonds is 7. The van der Waals surface area contributed by atoms with Crippen molar-refractivity contribution in [3.63, 3.8) is 0 Å². The fraction of sp³-hybridized carbons (Fsp3) is 0.529. The van der Waals surface area contributed by atoms with Gasteiger partial charge in [0, 0.05) is 18.7 Å². The van der Waals surface area contributed by atoms with Crippen molar-refractivity contribution < 1.29 is 4.79 Å². The van der Waals surface area contributed by atoms with Gasteiger partial charge in [0.15, 0.2) is 0 Å². The van der Waals surface area contributed by atoms with Gasteiger partial charge in [0.1, 0.15) is 0 Å². The topological polar surface area (TPSA) is 64.9 Å². The van der Waals surface area contributed by atoms with E-state index in [9.17, 15) is 4.79 Å². The molecule has 1 rings (SSSR count). The van der Waals surface area contributed by atoms with Crippen LogP contribution in [0.3, 0.4) is 0 Å². The van der Waals surface area contributed by atoms with Crippen LogP contribution < -0.4 is 10.6 Å². The summed E-state index contributed by atoms with van der Waals surface area (Å²) in [6.07, 6.45) is 1.85. The Morgan fingerprint density at radius 3 is 2.76 bits per heavy atom. The van der Waals surface area contributed by atoms with Crippen LogP contribution in [-0.2, 0) is 4.79 Å². The minimum atomic E-state index is -0.254. The highest BCUT2D eigenvalue weighted by Gasteiger charge is 2.15. The zero-order valence-corrected chi connectivity index (χ0v) is 13.4. The summed E-state index contributed by atoms with van der Waals surface area (Å²) in [5.41, 5.74) is 1.70. The highest BCUT2D eigenvalue weighted by atomic mass is 16.1. The molecule has 21 heavy (non-hydrogen) atoms. The predicted molar refractivity (Wildman–Crippen MR) is 85.8 cm³/mol. The van der Waals surface area contributed by atoms with E-state index in [4.69, 9.17) is 5.26 Å². The molecule has 0 aliphatic rings. The first-order valence-electron chi connectivity index (χ1n) is 7.36. The third-order valence-electron chi connectivity index (χ3n) is 3.44. The van der Waals surface area contributed by atoms with Gasteiger partial charge in [-0.2, -0.15) is 5.26 Å². The maximum Gasteiger partial charge on any atom is 0.221 e. The van der Waals surface area contributed by atoms with Gasteiger partial charge in [0.2, 0.25) is 5.91 Å². The lowest BCUT2D eigenvalue weighted by Crippen LogP contribution is -2.21. The molecule has 0 saturated carbocycles. The molecule has 0 aliphatic heterocycles. The first kappa shape index (κ1) is 17.2. The number of hydrogen-bond acceptors (Lipinski definition) is 3. The van der Waals surface area contributed by atoms with Crippen LogP contribution in [0.4, 0.5) is 5.69 Å². The van der Waals surface area contributed by atoms with E-state index >= 15 is 0 Å². The van der Waals surface area contributed by atoms with E-state index in [1.165, 1.54) is 6.92 Å². The summed E-state index contributed by atoms with van der Waals surface area (Å²) in [5.74, 6) is -0.0634. The number of amides is 1. The number of benzene rings is 1. The Hall–Kier alpha value is -1.86. The second-order valence-corrected chi connectivity index (χ2v) is 6.08. The van der Waals surface area contributed by atoms with E-state index in [1.54, 1.807) is 0 Å². The standard InChI is InChI=1S/C17H25N3O/c1-13(19-10-6-9-17(3,4)12-18)15-7-5-8-16(11-15)20-14(2)21/h5,7-8,11,13,19H,6,9-10H2,1-4H3,(H,20,21). The molecule has 1 aromatic rings. The van der Waals surface area contributed by atoms with Gasteiger partial charge in [-0.15, -0.1) is 0 Å². The average molecular weight is 287 g/mol. The van der Waals surface area contributed by atoms with Crippen molar-refractivity contribution in [3.8, 4) is 6.07 Å². The average Bonchev–Trinajstić information content (AvgIpc) is 2.43. The van der Waals surface area contributed by atoms with Crippen molar-refractivity contribution >= 4 is 11.6 Å². The predicted octanol–water partition coefficient (Wildman–Crippen LogP) is 3.63. The molecule has 0 aromatic heterocycles. The van der Waals surface area contributed by atoms with E-state index < -0.39 is 0 Å². The van der Waals surface area contributed by atoms with Crippen molar-refractivity contribution in [2.24, 2.45) is 5.41 Å². The minimum absolute atomic E-state index is 0.0634. The molecule has 0 saturated heterocycles. The van der Waals surface area contributed by atoms with E-state index in [0.717, 1.165) is 30.6 Å². The van der Waals surface area contributed by atoms with Crippen LogP contribution >= 0.6 is 0 Å². The highest BCUT2D eigenvalue weighted by Crippen LogP contribution is 2.21. The summed E-state index contributed by atoms with van der Waals surface area (Å²) < 4.78 is 0. The van der Waals surface area contributed by atoms with Crippen LogP contribution in [0.25, 0.3) is 0 Å². The lowest BCUT2D eigenvalue weighted by atomic mass is 9.90. The number of nitrogens with zero attached hydrogens (tertiary/aromatic N) is 1. The molecule has 4 heteroatoms. The first-order valence-corrected chi connectivity index (χ1v) is 7.36. The minimum Gasteiger partial charge on any atom is -0.326 e. The summed E-state index contributed by atoms with van der Waals surface area (Å²) in [6.45, 7) is 8.41. The van der Waals surface area contributed by atoms with Gasteiger partial charge in [0.25, 0.3) is 0 Å². The Kier molecular flexibility index (Phi) is 6.39. The summed E-state index contributed by atoms with van der Waals surface area (Å²) in [7, 11) is 0.